The van der Waals surface area contributed by atoms with Crippen molar-refractivity contribution in [3.63, 3.8) is 0 Å². The number of methoxy groups -OCH3 is 1. The van der Waals surface area contributed by atoms with Gasteiger partial charge in [0.1, 0.15) is 6.54 Å². The van der Waals surface area contributed by atoms with Crippen molar-refractivity contribution in [2.75, 3.05) is 19.0 Å². The van der Waals surface area contributed by atoms with Gasteiger partial charge in [0.2, 0.25) is 5.91 Å². The van der Waals surface area contributed by atoms with Gasteiger partial charge in [0.25, 0.3) is 11.1 Å². The van der Waals surface area contributed by atoms with Crippen LogP contribution in [0.4, 0.5) is 10.5 Å². The average molecular weight is 491 g/mol. The lowest BCUT2D eigenvalue weighted by Crippen LogP contribution is -2.36. The molecule has 30 heavy (non-hydrogen) atoms. The molecule has 3 amide bonds. The SMILES string of the molecule is COc1cc(Br)cc(/C=C2/SC(=O)N(CC(=O)Nc3ccc(C)c(C)c3)C2=O)c1O. The Hall–Kier alpha value is -2.78. The first-order valence-corrected chi connectivity index (χ1v) is 10.5. The van der Waals surface area contributed by atoms with Crippen LogP contribution in [0.15, 0.2) is 39.7 Å². The van der Waals surface area contributed by atoms with Gasteiger partial charge in [0, 0.05) is 15.7 Å². The Morgan fingerprint density at radius 3 is 2.63 bits per heavy atom. The molecule has 2 N–H and O–H groups in total. The van der Waals surface area contributed by atoms with E-state index in [1.165, 1.54) is 13.2 Å². The minimum absolute atomic E-state index is 0.106. The highest BCUT2D eigenvalue weighted by atomic mass is 79.9. The zero-order chi connectivity index (χ0) is 22.0. The first kappa shape index (κ1) is 21.9. The number of hydrogen-bond donors (Lipinski definition) is 2. The van der Waals surface area contributed by atoms with Crippen molar-refractivity contribution < 1.29 is 24.2 Å². The highest BCUT2D eigenvalue weighted by Crippen LogP contribution is 2.38. The molecular formula is C21H19BrN2O5S. The number of hydrogen-bond acceptors (Lipinski definition) is 6. The first-order chi connectivity index (χ1) is 14.2. The number of phenolic OH excluding ortho intramolecular Hbond substituents is 1. The Balaban J connectivity index is 1.76. The minimum Gasteiger partial charge on any atom is -0.504 e. The maximum absolute atomic E-state index is 12.7. The molecule has 0 bridgehead atoms. The monoisotopic (exact) mass is 490 g/mol. The van der Waals surface area contributed by atoms with Crippen LogP contribution in [0.2, 0.25) is 0 Å². The van der Waals surface area contributed by atoms with Crippen LogP contribution in [-0.4, -0.2) is 40.7 Å². The summed E-state index contributed by atoms with van der Waals surface area (Å²) in [4.78, 5) is 38.3. The number of carbonyl (C=O) groups is 3. The molecule has 3 rings (SSSR count). The smallest absolute Gasteiger partial charge is 0.294 e. The van der Waals surface area contributed by atoms with E-state index >= 15 is 0 Å². The summed E-state index contributed by atoms with van der Waals surface area (Å²) in [5, 5.41) is 12.4. The van der Waals surface area contributed by atoms with Crippen LogP contribution in [0.5, 0.6) is 11.5 Å². The number of halogens is 1. The molecule has 1 fully saturated rings. The summed E-state index contributed by atoms with van der Waals surface area (Å²) >= 11 is 4.02. The van der Waals surface area contributed by atoms with Crippen molar-refractivity contribution >= 4 is 56.5 Å². The predicted molar refractivity (Wildman–Crippen MR) is 120 cm³/mol. The number of amides is 3. The van der Waals surface area contributed by atoms with Crippen molar-refractivity contribution in [1.82, 2.24) is 4.90 Å². The fourth-order valence-corrected chi connectivity index (χ4v) is 4.08. The number of benzene rings is 2. The van der Waals surface area contributed by atoms with Gasteiger partial charge in [-0.3, -0.25) is 19.3 Å². The molecule has 0 saturated carbocycles. The number of anilines is 1. The molecule has 0 radical (unpaired) electrons. The van der Waals surface area contributed by atoms with E-state index < -0.39 is 23.6 Å². The van der Waals surface area contributed by atoms with E-state index in [1.54, 1.807) is 18.2 Å². The second-order valence-electron chi connectivity index (χ2n) is 6.66. The van der Waals surface area contributed by atoms with Crippen molar-refractivity contribution in [3.8, 4) is 11.5 Å². The van der Waals surface area contributed by atoms with Gasteiger partial charge in [-0.25, -0.2) is 0 Å². The fourth-order valence-electron chi connectivity index (χ4n) is 2.80. The van der Waals surface area contributed by atoms with Gasteiger partial charge in [0.05, 0.1) is 12.0 Å². The van der Waals surface area contributed by atoms with Crippen molar-refractivity contribution in [2.24, 2.45) is 0 Å². The number of carbonyl (C=O) groups excluding carboxylic acids is 3. The minimum atomic E-state index is -0.599. The summed E-state index contributed by atoms with van der Waals surface area (Å²) in [5.74, 6) is -1.00. The van der Waals surface area contributed by atoms with Gasteiger partial charge in [-0.15, -0.1) is 0 Å². The lowest BCUT2D eigenvalue weighted by Gasteiger charge is -2.13. The van der Waals surface area contributed by atoms with Gasteiger partial charge in [0.15, 0.2) is 11.5 Å². The van der Waals surface area contributed by atoms with E-state index in [0.717, 1.165) is 16.0 Å². The summed E-state index contributed by atoms with van der Waals surface area (Å²) in [5.41, 5.74) is 3.02. The molecule has 0 spiro atoms. The number of nitrogens with one attached hydrogen (secondary N) is 1. The third kappa shape index (κ3) is 4.68. The van der Waals surface area contributed by atoms with E-state index in [1.807, 2.05) is 26.0 Å². The molecule has 2 aromatic carbocycles. The van der Waals surface area contributed by atoms with Crippen LogP contribution in [0.3, 0.4) is 0 Å². The molecule has 0 unspecified atom stereocenters. The van der Waals surface area contributed by atoms with Gasteiger partial charge in [-0.2, -0.15) is 0 Å². The Kier molecular flexibility index (Phi) is 6.52. The lowest BCUT2D eigenvalue weighted by molar-refractivity contribution is -0.127. The highest BCUT2D eigenvalue weighted by Gasteiger charge is 2.36. The third-order valence-electron chi connectivity index (χ3n) is 4.54. The summed E-state index contributed by atoms with van der Waals surface area (Å²) in [6, 6.07) is 8.64. The standard InChI is InChI=1S/C21H19BrN2O5S/c1-11-4-5-15(6-12(11)2)23-18(25)10-24-20(27)17(30-21(24)28)8-13-7-14(22)9-16(29-3)19(13)26/h4-9,26H,10H2,1-3H3,(H,23,25)/b17-8+. The molecule has 1 heterocycles. The third-order valence-corrected chi connectivity index (χ3v) is 5.91. The van der Waals surface area contributed by atoms with Crippen molar-refractivity contribution in [2.45, 2.75) is 13.8 Å². The number of aryl methyl sites for hydroxylation is 2. The molecule has 1 saturated heterocycles. The zero-order valence-corrected chi connectivity index (χ0v) is 18.9. The molecule has 2 aromatic rings. The van der Waals surface area contributed by atoms with E-state index in [0.29, 0.717) is 27.5 Å². The second-order valence-corrected chi connectivity index (χ2v) is 8.57. The Morgan fingerprint density at radius 2 is 1.97 bits per heavy atom. The number of aromatic hydroxyl groups is 1. The zero-order valence-electron chi connectivity index (χ0n) is 16.5. The quantitative estimate of drug-likeness (QED) is 0.600. The maximum atomic E-state index is 12.7. The van der Waals surface area contributed by atoms with E-state index in [4.69, 9.17) is 4.74 Å². The van der Waals surface area contributed by atoms with Crippen LogP contribution in [-0.2, 0) is 9.59 Å². The number of thioether (sulfide) groups is 1. The summed E-state index contributed by atoms with van der Waals surface area (Å²) in [6.07, 6.45) is 1.40. The summed E-state index contributed by atoms with van der Waals surface area (Å²) in [6.45, 7) is 3.49. The predicted octanol–water partition coefficient (Wildman–Crippen LogP) is 4.46. The van der Waals surface area contributed by atoms with Crippen LogP contribution >= 0.6 is 27.7 Å². The van der Waals surface area contributed by atoms with E-state index in [2.05, 4.69) is 21.2 Å². The Labute approximate surface area is 186 Å². The van der Waals surface area contributed by atoms with Crippen LogP contribution in [0.1, 0.15) is 16.7 Å². The number of ether oxygens (including phenoxy) is 1. The summed E-state index contributed by atoms with van der Waals surface area (Å²) in [7, 11) is 1.41. The molecule has 156 valence electrons. The second kappa shape index (κ2) is 8.93. The Bertz CT molecular complexity index is 1080. The molecule has 0 aromatic heterocycles. The van der Waals surface area contributed by atoms with Crippen LogP contribution in [0, 0.1) is 13.8 Å². The van der Waals surface area contributed by atoms with E-state index in [-0.39, 0.29) is 16.4 Å². The fraction of sp³-hybridized carbons (Fsp3) is 0.190. The largest absolute Gasteiger partial charge is 0.504 e. The topological polar surface area (TPSA) is 95.9 Å². The Morgan fingerprint density at radius 1 is 1.23 bits per heavy atom. The number of rotatable bonds is 5. The highest BCUT2D eigenvalue weighted by molar-refractivity contribution is 9.10. The normalized spacial score (nSPS) is 15.1. The molecule has 1 aliphatic rings. The van der Waals surface area contributed by atoms with Crippen LogP contribution in [0.25, 0.3) is 6.08 Å². The molecular weight excluding hydrogens is 472 g/mol. The van der Waals surface area contributed by atoms with Crippen molar-refractivity contribution in [3.05, 3.63) is 56.4 Å². The van der Waals surface area contributed by atoms with E-state index in [9.17, 15) is 19.5 Å². The lowest BCUT2D eigenvalue weighted by atomic mass is 10.1. The molecule has 0 atom stereocenters. The molecule has 7 nitrogen and oxygen atoms in total. The maximum Gasteiger partial charge on any atom is 0.294 e. The molecule has 0 aliphatic carbocycles. The molecule has 9 heteroatoms. The number of imide groups is 1. The van der Waals surface area contributed by atoms with Gasteiger partial charge in [-0.1, -0.05) is 22.0 Å². The van der Waals surface area contributed by atoms with Crippen molar-refractivity contribution in [1.29, 1.82) is 0 Å². The summed E-state index contributed by atoms with van der Waals surface area (Å²) < 4.78 is 5.73. The van der Waals surface area contributed by atoms with Gasteiger partial charge in [-0.05, 0) is 67.1 Å². The van der Waals surface area contributed by atoms with Gasteiger partial charge < -0.3 is 15.2 Å². The molecule has 1 aliphatic heterocycles. The number of phenols is 1. The first-order valence-electron chi connectivity index (χ1n) is 8.88. The van der Waals surface area contributed by atoms with Gasteiger partial charge >= 0.3 is 0 Å². The van der Waals surface area contributed by atoms with Crippen LogP contribution < -0.4 is 10.1 Å². The number of nitrogens with zero attached hydrogens (tertiary/aromatic N) is 1. The average Bonchev–Trinajstić information content (AvgIpc) is 2.94.